The van der Waals surface area contributed by atoms with Gasteiger partial charge in [0.05, 0.1) is 14.9 Å². The third-order valence-corrected chi connectivity index (χ3v) is 4.52. The van der Waals surface area contributed by atoms with Crippen molar-refractivity contribution in [2.75, 3.05) is 0 Å². The molecular formula is C13H8BrCl3. The molecule has 0 aliphatic rings. The number of hydrogen-bond donors (Lipinski definition) is 0. The average Bonchev–Trinajstić information content (AvgIpc) is 2.33. The largest absolute Gasteiger partial charge is 0.0843 e. The van der Waals surface area contributed by atoms with E-state index in [1.165, 1.54) is 0 Å². The van der Waals surface area contributed by atoms with Crippen molar-refractivity contribution in [3.8, 4) is 0 Å². The Morgan fingerprint density at radius 3 is 2.18 bits per heavy atom. The Morgan fingerprint density at radius 2 is 1.53 bits per heavy atom. The molecule has 0 bridgehead atoms. The fraction of sp³-hybridized carbons (Fsp3) is 0.0769. The average molecular weight is 350 g/mol. The first-order chi connectivity index (χ1) is 8.09. The molecule has 88 valence electrons. The quantitative estimate of drug-likeness (QED) is 0.571. The second-order valence-corrected chi connectivity index (χ2v) is 5.69. The van der Waals surface area contributed by atoms with Gasteiger partial charge in [0.25, 0.3) is 0 Å². The Labute approximate surface area is 124 Å². The van der Waals surface area contributed by atoms with Crippen molar-refractivity contribution in [3.05, 3.63) is 68.7 Å². The highest BCUT2D eigenvalue weighted by molar-refractivity contribution is 9.09. The summed E-state index contributed by atoms with van der Waals surface area (Å²) in [7, 11) is 0. The van der Waals surface area contributed by atoms with E-state index in [9.17, 15) is 0 Å². The van der Waals surface area contributed by atoms with Crippen LogP contribution in [0.2, 0.25) is 15.1 Å². The lowest BCUT2D eigenvalue weighted by Crippen LogP contribution is -1.93. The van der Waals surface area contributed by atoms with Crippen LogP contribution in [-0.4, -0.2) is 0 Å². The molecule has 2 aromatic rings. The second-order valence-electron chi connectivity index (χ2n) is 3.56. The molecule has 1 atom stereocenters. The molecule has 17 heavy (non-hydrogen) atoms. The summed E-state index contributed by atoms with van der Waals surface area (Å²) in [4.78, 5) is 0.00552. The van der Waals surface area contributed by atoms with Gasteiger partial charge in [-0.15, -0.1) is 0 Å². The van der Waals surface area contributed by atoms with Crippen LogP contribution in [0.5, 0.6) is 0 Å². The van der Waals surface area contributed by atoms with E-state index >= 15 is 0 Å². The predicted octanol–water partition coefficient (Wildman–Crippen LogP) is 6.13. The van der Waals surface area contributed by atoms with Gasteiger partial charge in [0.15, 0.2) is 0 Å². The third-order valence-electron chi connectivity index (χ3n) is 2.42. The molecule has 0 amide bonds. The van der Waals surface area contributed by atoms with E-state index in [0.29, 0.717) is 15.1 Å². The molecule has 0 aliphatic heterocycles. The summed E-state index contributed by atoms with van der Waals surface area (Å²) in [5.74, 6) is 0. The fourth-order valence-corrected chi connectivity index (χ4v) is 2.89. The Hall–Kier alpha value is -0.210. The van der Waals surface area contributed by atoms with E-state index in [2.05, 4.69) is 15.9 Å². The van der Waals surface area contributed by atoms with Crippen molar-refractivity contribution >= 4 is 50.7 Å². The molecule has 0 aliphatic carbocycles. The standard InChI is InChI=1S/C13H8BrCl3/c14-12(8-4-6-9(15)7-5-8)10-2-1-3-11(16)13(10)17/h1-7,12H. The van der Waals surface area contributed by atoms with Crippen LogP contribution in [0.1, 0.15) is 16.0 Å². The van der Waals surface area contributed by atoms with Crippen molar-refractivity contribution in [1.29, 1.82) is 0 Å². The molecule has 0 saturated carbocycles. The maximum absolute atomic E-state index is 6.18. The van der Waals surface area contributed by atoms with Gasteiger partial charge in [0.1, 0.15) is 0 Å². The van der Waals surface area contributed by atoms with Gasteiger partial charge in [0.2, 0.25) is 0 Å². The van der Waals surface area contributed by atoms with E-state index in [4.69, 9.17) is 34.8 Å². The lowest BCUT2D eigenvalue weighted by atomic mass is 10.1. The molecule has 2 rings (SSSR count). The van der Waals surface area contributed by atoms with Crippen molar-refractivity contribution in [1.82, 2.24) is 0 Å². The predicted molar refractivity (Wildman–Crippen MR) is 78.7 cm³/mol. The summed E-state index contributed by atoms with van der Waals surface area (Å²) in [6.45, 7) is 0. The highest BCUT2D eigenvalue weighted by Gasteiger charge is 2.15. The normalized spacial score (nSPS) is 12.5. The maximum Gasteiger partial charge on any atom is 0.0659 e. The molecule has 0 fully saturated rings. The topological polar surface area (TPSA) is 0 Å². The first-order valence-corrected chi connectivity index (χ1v) is 6.98. The van der Waals surface area contributed by atoms with Crippen LogP contribution >= 0.6 is 50.7 Å². The zero-order valence-electron chi connectivity index (χ0n) is 8.63. The molecule has 0 heterocycles. The summed E-state index contributed by atoms with van der Waals surface area (Å²) in [5.41, 5.74) is 2.03. The van der Waals surface area contributed by atoms with E-state index in [-0.39, 0.29) is 4.83 Å². The maximum atomic E-state index is 6.18. The Balaban J connectivity index is 2.40. The number of hydrogen-bond acceptors (Lipinski definition) is 0. The summed E-state index contributed by atoms with van der Waals surface area (Å²) < 4.78 is 0. The van der Waals surface area contributed by atoms with Crippen LogP contribution < -0.4 is 0 Å². The Kier molecular flexibility index (Phi) is 4.37. The molecule has 0 saturated heterocycles. The summed E-state index contributed by atoms with van der Waals surface area (Å²) >= 11 is 21.7. The molecule has 0 radical (unpaired) electrons. The number of benzene rings is 2. The SMILES string of the molecule is Clc1ccc(C(Br)c2cccc(Cl)c2Cl)cc1. The van der Waals surface area contributed by atoms with Crippen LogP contribution in [0, 0.1) is 0 Å². The van der Waals surface area contributed by atoms with Crippen LogP contribution in [0.15, 0.2) is 42.5 Å². The van der Waals surface area contributed by atoms with Crippen LogP contribution in [-0.2, 0) is 0 Å². The zero-order valence-corrected chi connectivity index (χ0v) is 12.5. The zero-order chi connectivity index (χ0) is 12.4. The second kappa shape index (κ2) is 5.62. The number of rotatable bonds is 2. The van der Waals surface area contributed by atoms with Crippen molar-refractivity contribution in [3.63, 3.8) is 0 Å². The minimum Gasteiger partial charge on any atom is -0.0843 e. The van der Waals surface area contributed by atoms with E-state index < -0.39 is 0 Å². The highest BCUT2D eigenvalue weighted by Crippen LogP contribution is 2.38. The van der Waals surface area contributed by atoms with Crippen LogP contribution in [0.4, 0.5) is 0 Å². The molecule has 0 spiro atoms. The lowest BCUT2D eigenvalue weighted by Gasteiger charge is -2.13. The molecule has 1 unspecified atom stereocenters. The fourth-order valence-electron chi connectivity index (χ4n) is 1.53. The van der Waals surface area contributed by atoms with Crippen LogP contribution in [0.25, 0.3) is 0 Å². The smallest absolute Gasteiger partial charge is 0.0659 e. The minimum absolute atomic E-state index is 0.00552. The molecule has 0 N–H and O–H groups in total. The first kappa shape index (κ1) is 13.2. The van der Waals surface area contributed by atoms with Gasteiger partial charge in [-0.05, 0) is 29.3 Å². The van der Waals surface area contributed by atoms with Gasteiger partial charge in [0, 0.05) is 5.02 Å². The molecule has 0 aromatic heterocycles. The van der Waals surface area contributed by atoms with E-state index in [1.54, 1.807) is 6.07 Å². The van der Waals surface area contributed by atoms with Crippen molar-refractivity contribution in [2.24, 2.45) is 0 Å². The van der Waals surface area contributed by atoms with E-state index in [1.807, 2.05) is 36.4 Å². The van der Waals surface area contributed by atoms with Gasteiger partial charge in [-0.1, -0.05) is 75.0 Å². The summed E-state index contributed by atoms with van der Waals surface area (Å²) in [6, 6.07) is 13.2. The lowest BCUT2D eigenvalue weighted by molar-refractivity contribution is 1.18. The molecule has 2 aromatic carbocycles. The monoisotopic (exact) mass is 348 g/mol. The highest BCUT2D eigenvalue weighted by atomic mass is 79.9. The Bertz CT molecular complexity index is 523. The third kappa shape index (κ3) is 2.97. The minimum atomic E-state index is 0.00552. The summed E-state index contributed by atoms with van der Waals surface area (Å²) in [5, 5.41) is 1.85. The summed E-state index contributed by atoms with van der Waals surface area (Å²) in [6.07, 6.45) is 0. The van der Waals surface area contributed by atoms with Crippen LogP contribution in [0.3, 0.4) is 0 Å². The van der Waals surface area contributed by atoms with Gasteiger partial charge in [-0.25, -0.2) is 0 Å². The van der Waals surface area contributed by atoms with Gasteiger partial charge in [-0.3, -0.25) is 0 Å². The van der Waals surface area contributed by atoms with Crippen molar-refractivity contribution < 1.29 is 0 Å². The van der Waals surface area contributed by atoms with Gasteiger partial charge < -0.3 is 0 Å². The first-order valence-electron chi connectivity index (χ1n) is 4.93. The molecular weight excluding hydrogens is 342 g/mol. The number of halogens is 4. The molecule has 0 nitrogen and oxygen atoms in total. The van der Waals surface area contributed by atoms with Gasteiger partial charge in [-0.2, -0.15) is 0 Å². The van der Waals surface area contributed by atoms with Gasteiger partial charge >= 0.3 is 0 Å². The molecule has 4 heteroatoms. The van der Waals surface area contributed by atoms with Crippen molar-refractivity contribution in [2.45, 2.75) is 4.83 Å². The Morgan fingerprint density at radius 1 is 0.882 bits per heavy atom. The van der Waals surface area contributed by atoms with E-state index in [0.717, 1.165) is 11.1 Å². The number of alkyl halides is 1.